The number of hydroxylamine groups is 1. The maximum absolute atomic E-state index is 14.1. The number of aryl methyl sites for hydroxylation is 1. The van der Waals surface area contributed by atoms with Gasteiger partial charge in [0.2, 0.25) is 5.91 Å². The highest BCUT2D eigenvalue weighted by molar-refractivity contribution is 5.94. The molecule has 0 aliphatic rings. The molecule has 0 saturated carbocycles. The first-order valence-corrected chi connectivity index (χ1v) is 15.1. The summed E-state index contributed by atoms with van der Waals surface area (Å²) in [5.41, 5.74) is 0.890. The molecule has 1 atom stereocenters. The lowest BCUT2D eigenvalue weighted by molar-refractivity contribution is -0.134. The van der Waals surface area contributed by atoms with E-state index in [2.05, 4.69) is 0 Å². The zero-order valence-electron chi connectivity index (χ0n) is 25.5. The summed E-state index contributed by atoms with van der Waals surface area (Å²) in [7, 11) is 0. The molecular weight excluding hydrogens is 574 g/mol. The van der Waals surface area contributed by atoms with Gasteiger partial charge >= 0.3 is 17.1 Å². The van der Waals surface area contributed by atoms with Gasteiger partial charge in [-0.1, -0.05) is 105 Å². The van der Waals surface area contributed by atoms with Crippen LogP contribution in [0.25, 0.3) is 0 Å². The van der Waals surface area contributed by atoms with Crippen molar-refractivity contribution in [2.45, 2.75) is 65.1 Å². The van der Waals surface area contributed by atoms with Crippen LogP contribution in [-0.4, -0.2) is 36.9 Å². The topological polar surface area (TPSA) is 136 Å². The quantitative estimate of drug-likeness (QED) is 0.166. The number of carbonyl (C=O) groups is 2. The summed E-state index contributed by atoms with van der Waals surface area (Å²) in [5, 5.41) is 10.6. The van der Waals surface area contributed by atoms with E-state index in [4.69, 9.17) is 0 Å². The number of rotatable bonds is 14. The molecule has 0 saturated heterocycles. The fourth-order valence-electron chi connectivity index (χ4n) is 5.14. The molecule has 0 aliphatic heterocycles. The Labute approximate surface area is 260 Å². The van der Waals surface area contributed by atoms with Crippen LogP contribution in [0.4, 0.5) is 0 Å². The van der Waals surface area contributed by atoms with Gasteiger partial charge in [0, 0.05) is 6.42 Å². The van der Waals surface area contributed by atoms with Crippen molar-refractivity contribution in [1.29, 1.82) is 0 Å². The van der Waals surface area contributed by atoms with E-state index in [9.17, 15) is 29.2 Å². The molecule has 0 unspecified atom stereocenters. The van der Waals surface area contributed by atoms with Gasteiger partial charge in [0.1, 0.15) is 6.04 Å². The average Bonchev–Trinajstić information content (AvgIpc) is 3.06. The standard InChI is InChI=1S/C34H39N5O6/c1-25(2)21-22-30(40)38(29(31(41)35-45)20-12-19-26-13-6-3-7-14-26)39-33(43)36(23-27-15-8-4-9-16-27)32(42)37(34(39)44)24-28-17-10-5-11-18-28/h3-11,13-18,25,29,45H,12,19-24H2,1-2H3,(H,35,41)/t29-/m0/s1. The molecule has 11 heteroatoms. The van der Waals surface area contributed by atoms with Crippen LogP contribution in [0.1, 0.15) is 56.2 Å². The third-order valence-corrected chi connectivity index (χ3v) is 7.55. The Morgan fingerprint density at radius 3 is 1.62 bits per heavy atom. The van der Waals surface area contributed by atoms with Crippen LogP contribution in [0.5, 0.6) is 0 Å². The van der Waals surface area contributed by atoms with Gasteiger partial charge in [-0.3, -0.25) is 14.8 Å². The van der Waals surface area contributed by atoms with Gasteiger partial charge in [0.15, 0.2) is 0 Å². The highest BCUT2D eigenvalue weighted by Crippen LogP contribution is 2.14. The molecule has 2 N–H and O–H groups in total. The van der Waals surface area contributed by atoms with Crippen molar-refractivity contribution < 1.29 is 14.8 Å². The number of benzene rings is 3. The zero-order chi connectivity index (χ0) is 32.3. The smallest absolute Gasteiger partial charge is 0.289 e. The predicted molar refractivity (Wildman–Crippen MR) is 171 cm³/mol. The Morgan fingerprint density at radius 1 is 0.711 bits per heavy atom. The Balaban J connectivity index is 1.90. The van der Waals surface area contributed by atoms with E-state index in [1.807, 2.05) is 44.2 Å². The summed E-state index contributed by atoms with van der Waals surface area (Å²) in [5.74, 6) is -1.51. The lowest BCUT2D eigenvalue weighted by Crippen LogP contribution is -2.66. The van der Waals surface area contributed by atoms with Gasteiger partial charge in [-0.25, -0.2) is 34.0 Å². The number of amides is 2. The second-order valence-electron chi connectivity index (χ2n) is 11.3. The molecule has 45 heavy (non-hydrogen) atoms. The lowest BCUT2D eigenvalue weighted by Gasteiger charge is -2.31. The van der Waals surface area contributed by atoms with Gasteiger partial charge in [0.25, 0.3) is 5.91 Å². The average molecular weight is 614 g/mol. The molecule has 4 aromatic rings. The van der Waals surface area contributed by atoms with Crippen LogP contribution in [0.3, 0.4) is 0 Å². The van der Waals surface area contributed by atoms with Crippen molar-refractivity contribution in [3.63, 3.8) is 0 Å². The van der Waals surface area contributed by atoms with Crippen LogP contribution in [-0.2, 0) is 29.1 Å². The Morgan fingerprint density at radius 2 is 1.18 bits per heavy atom. The number of hydrogen-bond donors (Lipinski definition) is 2. The molecule has 0 radical (unpaired) electrons. The molecule has 4 rings (SSSR count). The summed E-state index contributed by atoms with van der Waals surface area (Å²) in [6.07, 6.45) is 1.31. The monoisotopic (exact) mass is 613 g/mol. The van der Waals surface area contributed by atoms with E-state index in [1.165, 1.54) is 0 Å². The minimum Gasteiger partial charge on any atom is -0.289 e. The van der Waals surface area contributed by atoms with Crippen molar-refractivity contribution in [1.82, 2.24) is 19.3 Å². The maximum atomic E-state index is 14.1. The molecule has 2 amide bonds. The summed E-state index contributed by atoms with van der Waals surface area (Å²) in [6.45, 7) is 3.50. The molecule has 3 aromatic carbocycles. The van der Waals surface area contributed by atoms with Crippen LogP contribution >= 0.6 is 0 Å². The number of nitrogens with zero attached hydrogens (tertiary/aromatic N) is 4. The molecule has 0 aliphatic carbocycles. The molecule has 0 fully saturated rings. The third-order valence-electron chi connectivity index (χ3n) is 7.55. The summed E-state index contributed by atoms with van der Waals surface area (Å²) in [4.78, 5) is 69.2. The van der Waals surface area contributed by atoms with Crippen molar-refractivity contribution in [2.24, 2.45) is 5.92 Å². The van der Waals surface area contributed by atoms with E-state index >= 15 is 0 Å². The minimum atomic E-state index is -1.42. The van der Waals surface area contributed by atoms with Crippen molar-refractivity contribution in [2.75, 3.05) is 5.01 Å². The number of carbonyl (C=O) groups excluding carboxylic acids is 2. The molecule has 0 bridgehead atoms. The number of aromatic nitrogens is 3. The van der Waals surface area contributed by atoms with E-state index < -0.39 is 34.9 Å². The van der Waals surface area contributed by atoms with Gasteiger partial charge in [-0.15, -0.1) is 4.68 Å². The van der Waals surface area contributed by atoms with Gasteiger partial charge in [0.05, 0.1) is 13.1 Å². The fraction of sp³-hybridized carbons (Fsp3) is 0.324. The van der Waals surface area contributed by atoms with Gasteiger partial charge in [-0.2, -0.15) is 0 Å². The van der Waals surface area contributed by atoms with E-state index in [0.717, 1.165) is 19.7 Å². The molecule has 0 spiro atoms. The Hall–Kier alpha value is -5.03. The largest absolute Gasteiger partial charge is 0.356 e. The molecule has 236 valence electrons. The van der Waals surface area contributed by atoms with Gasteiger partial charge < -0.3 is 0 Å². The first-order chi connectivity index (χ1) is 21.7. The van der Waals surface area contributed by atoms with E-state index in [0.29, 0.717) is 35.1 Å². The highest BCUT2D eigenvalue weighted by Gasteiger charge is 2.35. The second kappa shape index (κ2) is 15.6. The fourth-order valence-corrected chi connectivity index (χ4v) is 5.14. The highest BCUT2D eigenvalue weighted by atomic mass is 16.5. The molecule has 11 nitrogen and oxygen atoms in total. The van der Waals surface area contributed by atoms with Crippen LogP contribution < -0.4 is 27.6 Å². The van der Waals surface area contributed by atoms with Crippen molar-refractivity contribution >= 4 is 11.8 Å². The van der Waals surface area contributed by atoms with Crippen LogP contribution in [0, 0.1) is 5.92 Å². The van der Waals surface area contributed by atoms with Crippen LogP contribution in [0.2, 0.25) is 0 Å². The summed E-state index contributed by atoms with van der Waals surface area (Å²) >= 11 is 0. The maximum Gasteiger partial charge on any atom is 0.356 e. The molecule has 1 heterocycles. The first-order valence-electron chi connectivity index (χ1n) is 15.1. The van der Waals surface area contributed by atoms with Gasteiger partial charge in [-0.05, 0) is 48.3 Å². The van der Waals surface area contributed by atoms with E-state index in [-0.39, 0.29) is 31.8 Å². The third kappa shape index (κ3) is 8.33. The molecule has 1 aromatic heterocycles. The second-order valence-corrected chi connectivity index (χ2v) is 11.3. The normalized spacial score (nSPS) is 11.7. The predicted octanol–water partition coefficient (Wildman–Crippen LogP) is 3.07. The Bertz CT molecular complexity index is 1670. The minimum absolute atomic E-state index is 0.0249. The first kappa shape index (κ1) is 32.9. The number of nitrogens with one attached hydrogen (secondary N) is 1. The molecular formula is C34H39N5O6. The SMILES string of the molecule is CC(C)CCC(=O)N([C@@H](CCCc1ccccc1)C(=O)NO)n1c(=O)n(Cc2ccccc2)c(=O)n(Cc2ccccc2)c1=O. The van der Waals surface area contributed by atoms with Crippen LogP contribution in [0.15, 0.2) is 105 Å². The summed E-state index contributed by atoms with van der Waals surface area (Å²) in [6, 6.07) is 25.7. The lowest BCUT2D eigenvalue weighted by atomic mass is 10.0. The van der Waals surface area contributed by atoms with E-state index in [1.54, 1.807) is 66.1 Å². The van der Waals surface area contributed by atoms with Crippen molar-refractivity contribution in [3.8, 4) is 0 Å². The Kier molecular flexibility index (Phi) is 11.4. The summed E-state index contributed by atoms with van der Waals surface area (Å²) < 4.78 is 2.37. The number of hydrogen-bond acceptors (Lipinski definition) is 6. The van der Waals surface area contributed by atoms with Crippen molar-refractivity contribution in [3.05, 3.63) is 139 Å². The zero-order valence-corrected chi connectivity index (χ0v) is 25.5.